The molecule has 1 aliphatic rings. The molecule has 4 aromatic rings. The van der Waals surface area contributed by atoms with Gasteiger partial charge >= 0.3 is 0 Å². The summed E-state index contributed by atoms with van der Waals surface area (Å²) >= 11 is 6.03. The Hall–Kier alpha value is -3.70. The normalized spacial score (nSPS) is 13.6. The third kappa shape index (κ3) is 6.20. The molecular weight excluding hydrogens is 520 g/mol. The number of ketones is 1. The molecular formula is C34H35ClN2O3. The molecule has 0 aliphatic heterocycles. The summed E-state index contributed by atoms with van der Waals surface area (Å²) in [5.41, 5.74) is 6.28. The van der Waals surface area contributed by atoms with E-state index >= 15 is 0 Å². The first kappa shape index (κ1) is 27.9. The smallest absolute Gasteiger partial charge is 0.262 e. The summed E-state index contributed by atoms with van der Waals surface area (Å²) in [4.78, 5) is 38.9. The molecule has 40 heavy (non-hydrogen) atoms. The lowest BCUT2D eigenvalue weighted by molar-refractivity contribution is -0.125. The monoisotopic (exact) mass is 554 g/mol. The van der Waals surface area contributed by atoms with Gasteiger partial charge in [0, 0.05) is 47.0 Å². The van der Waals surface area contributed by atoms with Crippen LogP contribution in [0.4, 0.5) is 0 Å². The molecule has 0 unspecified atom stereocenters. The van der Waals surface area contributed by atoms with Crippen LogP contribution in [0, 0.1) is 19.8 Å². The first-order valence-electron chi connectivity index (χ1n) is 14.1. The molecule has 1 aromatic heterocycles. The van der Waals surface area contributed by atoms with E-state index in [1.165, 1.54) is 0 Å². The van der Waals surface area contributed by atoms with Crippen molar-refractivity contribution in [3.63, 3.8) is 0 Å². The van der Waals surface area contributed by atoms with Crippen LogP contribution in [0.1, 0.15) is 70.4 Å². The van der Waals surface area contributed by atoms with Gasteiger partial charge in [0.05, 0.1) is 5.52 Å². The number of nitrogens with zero attached hydrogens (tertiary/aromatic N) is 1. The highest BCUT2D eigenvalue weighted by Crippen LogP contribution is 2.29. The van der Waals surface area contributed by atoms with E-state index in [2.05, 4.69) is 11.4 Å². The van der Waals surface area contributed by atoms with Crippen molar-refractivity contribution in [1.82, 2.24) is 9.88 Å². The summed E-state index contributed by atoms with van der Waals surface area (Å²) in [6.45, 7) is 4.46. The number of carbonyl (C=O) groups is 3. The summed E-state index contributed by atoms with van der Waals surface area (Å²) in [5.74, 6) is 0.327. The summed E-state index contributed by atoms with van der Waals surface area (Å²) in [7, 11) is 0. The van der Waals surface area contributed by atoms with Crippen LogP contribution < -0.4 is 5.32 Å². The highest BCUT2D eigenvalue weighted by molar-refractivity contribution is 6.30. The molecule has 1 saturated carbocycles. The molecule has 1 amide bonds. The lowest BCUT2D eigenvalue weighted by atomic mass is 9.99. The average Bonchev–Trinajstić information content (AvgIpc) is 3.58. The largest absolute Gasteiger partial charge is 0.352 e. The Morgan fingerprint density at radius 2 is 1.57 bits per heavy atom. The molecule has 0 spiro atoms. The molecule has 0 radical (unpaired) electrons. The zero-order valence-corrected chi connectivity index (χ0v) is 23.9. The summed E-state index contributed by atoms with van der Waals surface area (Å²) < 4.78 is 1.71. The average molecular weight is 555 g/mol. The molecule has 1 aliphatic carbocycles. The van der Waals surface area contributed by atoms with Gasteiger partial charge in [0.1, 0.15) is 5.78 Å². The molecule has 0 bridgehead atoms. The van der Waals surface area contributed by atoms with Crippen molar-refractivity contribution < 1.29 is 14.4 Å². The van der Waals surface area contributed by atoms with Crippen LogP contribution >= 0.6 is 11.6 Å². The van der Waals surface area contributed by atoms with Crippen molar-refractivity contribution >= 4 is 40.1 Å². The lowest BCUT2D eigenvalue weighted by Gasteiger charge is -2.11. The molecule has 0 saturated heterocycles. The van der Waals surface area contributed by atoms with Crippen LogP contribution in [0.5, 0.6) is 0 Å². The number of rotatable bonds is 9. The predicted octanol–water partition coefficient (Wildman–Crippen LogP) is 7.15. The summed E-state index contributed by atoms with van der Waals surface area (Å²) in [5, 5.41) is 4.58. The van der Waals surface area contributed by atoms with Gasteiger partial charge in [-0.15, -0.1) is 0 Å². The van der Waals surface area contributed by atoms with Crippen LogP contribution in [0.15, 0.2) is 66.7 Å². The minimum absolute atomic E-state index is 0.135. The van der Waals surface area contributed by atoms with E-state index in [1.807, 2.05) is 50.2 Å². The van der Waals surface area contributed by atoms with Gasteiger partial charge in [0.2, 0.25) is 5.91 Å². The van der Waals surface area contributed by atoms with Crippen LogP contribution in [0.3, 0.4) is 0 Å². The first-order chi connectivity index (χ1) is 19.3. The minimum atomic E-state index is -0.138. The molecule has 1 fully saturated rings. The van der Waals surface area contributed by atoms with Gasteiger partial charge in [-0.1, -0.05) is 60.3 Å². The number of fused-ring (bicyclic) bond motifs is 1. The molecule has 3 aromatic carbocycles. The number of Topliss-reactive ketones (excluding diaryl/α,β-unsaturated/α-hetero) is 1. The van der Waals surface area contributed by atoms with Crippen LogP contribution in [-0.4, -0.2) is 22.2 Å². The highest BCUT2D eigenvalue weighted by Gasteiger charge is 2.23. The molecule has 206 valence electrons. The van der Waals surface area contributed by atoms with Crippen molar-refractivity contribution in [2.24, 2.45) is 5.92 Å². The number of halogens is 1. The maximum Gasteiger partial charge on any atom is 0.262 e. The molecule has 1 N–H and O–H groups in total. The molecule has 6 heteroatoms. The predicted molar refractivity (Wildman–Crippen MR) is 160 cm³/mol. The van der Waals surface area contributed by atoms with Crippen LogP contribution in [-0.2, 0) is 29.0 Å². The van der Waals surface area contributed by atoms with Gasteiger partial charge in [-0.3, -0.25) is 19.0 Å². The summed E-state index contributed by atoms with van der Waals surface area (Å²) in [6, 6.07) is 21.0. The Bertz CT molecular complexity index is 1550. The van der Waals surface area contributed by atoms with Crippen LogP contribution in [0.2, 0.25) is 5.02 Å². The second-order valence-corrected chi connectivity index (χ2v) is 11.4. The highest BCUT2D eigenvalue weighted by atomic mass is 35.5. The van der Waals surface area contributed by atoms with Crippen LogP contribution in [0.25, 0.3) is 10.9 Å². The Balaban J connectivity index is 1.25. The Morgan fingerprint density at radius 1 is 0.900 bits per heavy atom. The number of hydrogen-bond acceptors (Lipinski definition) is 3. The van der Waals surface area contributed by atoms with E-state index in [0.29, 0.717) is 30.0 Å². The third-order valence-corrected chi connectivity index (χ3v) is 8.32. The van der Waals surface area contributed by atoms with Gasteiger partial charge in [-0.05, 0) is 86.2 Å². The Labute approximate surface area is 240 Å². The van der Waals surface area contributed by atoms with Crippen molar-refractivity contribution in [2.45, 2.75) is 65.3 Å². The molecule has 1 heterocycles. The number of aryl methyl sites for hydroxylation is 2. The van der Waals surface area contributed by atoms with E-state index in [9.17, 15) is 14.4 Å². The fraction of sp³-hybridized carbons (Fsp3) is 0.324. The zero-order valence-electron chi connectivity index (χ0n) is 23.1. The SMILES string of the molecule is Cc1ccc2c(c1)c(CC(=O)CCc1ccc(CNC(=O)C3CCCC3)cc1)c(C)n2C(=O)c1ccc(Cl)cc1. The summed E-state index contributed by atoms with van der Waals surface area (Å²) in [6.07, 6.45) is 5.63. The first-order valence-corrected chi connectivity index (χ1v) is 14.5. The van der Waals surface area contributed by atoms with E-state index < -0.39 is 0 Å². The van der Waals surface area contributed by atoms with Crippen molar-refractivity contribution in [3.8, 4) is 0 Å². The Kier molecular flexibility index (Phi) is 8.51. The standard InChI is InChI=1S/C34H35ClN2O3/c1-22-7-18-32-31(19-22)30(23(2)37(32)34(40)27-13-15-28(35)16-14-27)20-29(38)17-12-24-8-10-25(11-9-24)21-36-33(39)26-5-3-4-6-26/h7-11,13-16,18-19,26H,3-6,12,17,20-21H2,1-2H3,(H,36,39). The quantitative estimate of drug-likeness (QED) is 0.239. The molecule has 5 nitrogen and oxygen atoms in total. The second-order valence-electron chi connectivity index (χ2n) is 11.0. The maximum absolute atomic E-state index is 13.5. The van der Waals surface area contributed by atoms with Gasteiger partial charge in [-0.2, -0.15) is 0 Å². The molecule has 5 rings (SSSR count). The van der Waals surface area contributed by atoms with Crippen molar-refractivity contribution in [3.05, 3.63) is 105 Å². The van der Waals surface area contributed by atoms with E-state index in [4.69, 9.17) is 11.6 Å². The number of nitrogens with one attached hydrogen (secondary N) is 1. The van der Waals surface area contributed by atoms with Gasteiger partial charge in [0.25, 0.3) is 5.91 Å². The van der Waals surface area contributed by atoms with Gasteiger partial charge in [0.15, 0.2) is 0 Å². The minimum Gasteiger partial charge on any atom is -0.352 e. The fourth-order valence-electron chi connectivity index (χ4n) is 5.72. The zero-order chi connectivity index (χ0) is 28.2. The number of carbonyl (C=O) groups excluding carboxylic acids is 3. The van der Waals surface area contributed by atoms with E-state index in [0.717, 1.165) is 64.5 Å². The fourth-order valence-corrected chi connectivity index (χ4v) is 5.84. The topological polar surface area (TPSA) is 68.2 Å². The number of aromatic nitrogens is 1. The lowest BCUT2D eigenvalue weighted by Crippen LogP contribution is -2.28. The Morgan fingerprint density at radius 3 is 2.27 bits per heavy atom. The van der Waals surface area contributed by atoms with E-state index in [1.54, 1.807) is 28.8 Å². The van der Waals surface area contributed by atoms with Crippen molar-refractivity contribution in [2.75, 3.05) is 0 Å². The van der Waals surface area contributed by atoms with Gasteiger partial charge < -0.3 is 5.32 Å². The van der Waals surface area contributed by atoms with E-state index in [-0.39, 0.29) is 29.9 Å². The van der Waals surface area contributed by atoms with Gasteiger partial charge in [-0.25, -0.2) is 0 Å². The number of amides is 1. The number of benzene rings is 3. The van der Waals surface area contributed by atoms with Crippen molar-refractivity contribution in [1.29, 1.82) is 0 Å². The second kappa shape index (κ2) is 12.2. The maximum atomic E-state index is 13.5. The third-order valence-electron chi connectivity index (χ3n) is 8.07. The molecule has 0 atom stereocenters. The number of hydrogen-bond donors (Lipinski definition) is 1.